The zero-order valence-electron chi connectivity index (χ0n) is 12.2. The third kappa shape index (κ3) is 3.33. The summed E-state index contributed by atoms with van der Waals surface area (Å²) in [6, 6.07) is 0. The lowest BCUT2D eigenvalue weighted by Gasteiger charge is -2.41. The molecule has 3 nitrogen and oxygen atoms in total. The summed E-state index contributed by atoms with van der Waals surface area (Å²) in [5, 5.41) is 0. The molecule has 18 heavy (non-hydrogen) atoms. The highest BCUT2D eigenvalue weighted by Crippen LogP contribution is 2.32. The van der Waals surface area contributed by atoms with Gasteiger partial charge in [-0.05, 0) is 32.1 Å². The Hall–Kier alpha value is -0.410. The maximum Gasteiger partial charge on any atom is 0.137 e. The van der Waals surface area contributed by atoms with Crippen LogP contribution >= 0.6 is 0 Å². The lowest BCUT2D eigenvalue weighted by molar-refractivity contribution is -0.131. The van der Waals surface area contributed by atoms with Crippen molar-refractivity contribution in [2.75, 3.05) is 26.2 Å². The third-order valence-electron chi connectivity index (χ3n) is 4.38. The van der Waals surface area contributed by atoms with Crippen molar-refractivity contribution < 1.29 is 9.53 Å². The highest BCUT2D eigenvalue weighted by atomic mass is 16.5. The molecule has 2 rings (SSSR count). The van der Waals surface area contributed by atoms with Crippen molar-refractivity contribution in [2.24, 2.45) is 17.8 Å². The lowest BCUT2D eigenvalue weighted by atomic mass is 9.74. The second-order valence-electron chi connectivity index (χ2n) is 6.94. The molecule has 3 atom stereocenters. The molecule has 0 radical (unpaired) electrons. The van der Waals surface area contributed by atoms with Crippen LogP contribution in [0.3, 0.4) is 0 Å². The van der Waals surface area contributed by atoms with E-state index >= 15 is 0 Å². The Kier molecular flexibility index (Phi) is 4.12. The topological polar surface area (TPSA) is 29.5 Å². The molecule has 0 bridgehead atoms. The van der Waals surface area contributed by atoms with Crippen molar-refractivity contribution in [3.8, 4) is 0 Å². The van der Waals surface area contributed by atoms with Gasteiger partial charge in [-0.25, -0.2) is 0 Å². The van der Waals surface area contributed by atoms with E-state index in [1.165, 1.54) is 6.42 Å². The number of rotatable bonds is 2. The number of nitrogens with zero attached hydrogens (tertiary/aromatic N) is 1. The van der Waals surface area contributed by atoms with E-state index in [-0.39, 0.29) is 11.5 Å². The molecule has 1 saturated heterocycles. The first-order valence-electron chi connectivity index (χ1n) is 7.26. The minimum Gasteiger partial charge on any atom is -0.373 e. The Morgan fingerprint density at radius 3 is 2.72 bits per heavy atom. The molecule has 3 unspecified atom stereocenters. The molecule has 2 aliphatic rings. The van der Waals surface area contributed by atoms with Crippen LogP contribution in [0.4, 0.5) is 0 Å². The Labute approximate surface area is 111 Å². The first-order valence-corrected chi connectivity index (χ1v) is 7.26. The lowest BCUT2D eigenvalue weighted by Crippen LogP contribution is -2.51. The van der Waals surface area contributed by atoms with E-state index in [0.29, 0.717) is 17.6 Å². The number of Topliss-reactive ketones (excluding diaryl/α,β-unsaturated/α-hetero) is 1. The average molecular weight is 253 g/mol. The van der Waals surface area contributed by atoms with Crippen molar-refractivity contribution in [2.45, 2.75) is 46.1 Å². The molecule has 0 aromatic carbocycles. The van der Waals surface area contributed by atoms with Gasteiger partial charge in [-0.3, -0.25) is 9.69 Å². The summed E-state index contributed by atoms with van der Waals surface area (Å²) in [6.45, 7) is 12.3. The fourth-order valence-electron chi connectivity index (χ4n) is 3.52. The number of ketones is 1. The molecular weight excluding hydrogens is 226 g/mol. The van der Waals surface area contributed by atoms with Crippen LogP contribution in [0.15, 0.2) is 0 Å². The third-order valence-corrected chi connectivity index (χ3v) is 4.38. The summed E-state index contributed by atoms with van der Waals surface area (Å²) in [5.74, 6) is 1.83. The van der Waals surface area contributed by atoms with Gasteiger partial charge in [-0.15, -0.1) is 0 Å². The molecule has 0 spiro atoms. The predicted octanol–water partition coefficient (Wildman–Crippen LogP) is 2.35. The zero-order valence-corrected chi connectivity index (χ0v) is 12.2. The Morgan fingerprint density at radius 1 is 1.39 bits per heavy atom. The first-order chi connectivity index (χ1) is 8.37. The molecule has 1 aliphatic heterocycles. The highest BCUT2D eigenvalue weighted by molar-refractivity contribution is 5.82. The maximum atomic E-state index is 12.2. The molecule has 0 aromatic rings. The molecule has 1 saturated carbocycles. The standard InChI is InChI=1S/C15H27NO2/c1-11-7-12(2)13(14(17)8-11)9-16-5-6-18-15(3,4)10-16/h11-13H,5-10H2,1-4H3. The predicted molar refractivity (Wildman–Crippen MR) is 72.5 cm³/mol. The van der Waals surface area contributed by atoms with Crippen LogP contribution < -0.4 is 0 Å². The van der Waals surface area contributed by atoms with Crippen molar-refractivity contribution in [1.82, 2.24) is 4.90 Å². The monoisotopic (exact) mass is 253 g/mol. The van der Waals surface area contributed by atoms with Gasteiger partial charge in [0, 0.05) is 32.0 Å². The quantitative estimate of drug-likeness (QED) is 0.756. The van der Waals surface area contributed by atoms with Crippen LogP contribution in [0.25, 0.3) is 0 Å². The molecular formula is C15H27NO2. The molecule has 0 N–H and O–H groups in total. The van der Waals surface area contributed by atoms with Crippen molar-refractivity contribution in [1.29, 1.82) is 0 Å². The largest absolute Gasteiger partial charge is 0.373 e. The van der Waals surface area contributed by atoms with Crippen LogP contribution in [-0.4, -0.2) is 42.5 Å². The Morgan fingerprint density at radius 2 is 2.11 bits per heavy atom. The minimum absolute atomic E-state index is 0.0630. The minimum atomic E-state index is -0.0630. The SMILES string of the molecule is CC1CC(=O)C(CN2CCOC(C)(C)C2)C(C)C1. The van der Waals surface area contributed by atoms with Gasteiger partial charge in [-0.2, -0.15) is 0 Å². The zero-order chi connectivity index (χ0) is 13.3. The second kappa shape index (κ2) is 5.30. The van der Waals surface area contributed by atoms with E-state index in [2.05, 4.69) is 32.6 Å². The van der Waals surface area contributed by atoms with Gasteiger partial charge in [0.15, 0.2) is 0 Å². The van der Waals surface area contributed by atoms with Crippen LogP contribution in [0.5, 0.6) is 0 Å². The van der Waals surface area contributed by atoms with Gasteiger partial charge >= 0.3 is 0 Å². The summed E-state index contributed by atoms with van der Waals surface area (Å²) in [4.78, 5) is 14.6. The van der Waals surface area contributed by atoms with Gasteiger partial charge in [0.25, 0.3) is 0 Å². The number of ether oxygens (including phenoxy) is 1. The van der Waals surface area contributed by atoms with Gasteiger partial charge < -0.3 is 4.74 Å². The van der Waals surface area contributed by atoms with Crippen LogP contribution in [-0.2, 0) is 9.53 Å². The Balaban J connectivity index is 1.94. The summed E-state index contributed by atoms with van der Waals surface area (Å²) < 4.78 is 5.73. The molecule has 2 fully saturated rings. The number of hydrogen-bond acceptors (Lipinski definition) is 3. The number of morpholine rings is 1. The van der Waals surface area contributed by atoms with Crippen LogP contribution in [0.1, 0.15) is 40.5 Å². The van der Waals surface area contributed by atoms with E-state index in [9.17, 15) is 4.79 Å². The van der Waals surface area contributed by atoms with Crippen molar-refractivity contribution in [3.05, 3.63) is 0 Å². The van der Waals surface area contributed by atoms with E-state index in [0.717, 1.165) is 32.7 Å². The molecule has 104 valence electrons. The molecule has 3 heteroatoms. The second-order valence-corrected chi connectivity index (χ2v) is 6.94. The number of hydrogen-bond donors (Lipinski definition) is 0. The summed E-state index contributed by atoms with van der Waals surface area (Å²) >= 11 is 0. The van der Waals surface area contributed by atoms with Gasteiger partial charge in [0.2, 0.25) is 0 Å². The summed E-state index contributed by atoms with van der Waals surface area (Å²) in [5.41, 5.74) is -0.0630. The first kappa shape index (κ1) is 14.0. The molecule has 0 aromatic heterocycles. The number of carbonyl (C=O) groups is 1. The maximum absolute atomic E-state index is 12.2. The fourth-order valence-corrected chi connectivity index (χ4v) is 3.52. The van der Waals surface area contributed by atoms with Crippen molar-refractivity contribution >= 4 is 5.78 Å². The highest BCUT2D eigenvalue weighted by Gasteiger charge is 2.35. The Bertz CT molecular complexity index is 314. The van der Waals surface area contributed by atoms with Crippen LogP contribution in [0, 0.1) is 17.8 Å². The summed E-state index contributed by atoms with van der Waals surface area (Å²) in [6.07, 6.45) is 1.98. The van der Waals surface area contributed by atoms with E-state index in [1.807, 2.05) is 0 Å². The average Bonchev–Trinajstić information content (AvgIpc) is 2.22. The van der Waals surface area contributed by atoms with Crippen molar-refractivity contribution in [3.63, 3.8) is 0 Å². The molecule has 1 heterocycles. The molecule has 0 amide bonds. The number of carbonyl (C=O) groups excluding carboxylic acids is 1. The van der Waals surface area contributed by atoms with E-state index in [1.54, 1.807) is 0 Å². The fraction of sp³-hybridized carbons (Fsp3) is 0.933. The van der Waals surface area contributed by atoms with E-state index < -0.39 is 0 Å². The van der Waals surface area contributed by atoms with Gasteiger partial charge in [-0.1, -0.05) is 13.8 Å². The summed E-state index contributed by atoms with van der Waals surface area (Å²) in [7, 11) is 0. The van der Waals surface area contributed by atoms with Gasteiger partial charge in [0.1, 0.15) is 5.78 Å². The van der Waals surface area contributed by atoms with E-state index in [4.69, 9.17) is 4.74 Å². The van der Waals surface area contributed by atoms with Crippen LogP contribution in [0.2, 0.25) is 0 Å². The van der Waals surface area contributed by atoms with Gasteiger partial charge in [0.05, 0.1) is 12.2 Å². The normalized spacial score (nSPS) is 37.8. The smallest absolute Gasteiger partial charge is 0.137 e. The molecule has 1 aliphatic carbocycles.